The number of hydrogen-bond donors (Lipinski definition) is 1. The first-order valence-corrected chi connectivity index (χ1v) is 6.82. The van der Waals surface area contributed by atoms with E-state index < -0.39 is 6.10 Å². The van der Waals surface area contributed by atoms with Gasteiger partial charge in [-0.25, -0.2) is 4.39 Å². The SMILES string of the molecule is CCC(O)c1ccc(OCc2ccc(Cl)cc2F)cc1. The van der Waals surface area contributed by atoms with Gasteiger partial charge in [-0.3, -0.25) is 0 Å². The van der Waals surface area contributed by atoms with Gasteiger partial charge in [0.2, 0.25) is 0 Å². The van der Waals surface area contributed by atoms with E-state index in [0.717, 1.165) is 5.56 Å². The maximum absolute atomic E-state index is 13.6. The van der Waals surface area contributed by atoms with Crippen LogP contribution in [-0.4, -0.2) is 5.11 Å². The minimum Gasteiger partial charge on any atom is -0.489 e. The average Bonchev–Trinajstić information content (AvgIpc) is 2.46. The molecule has 2 aromatic rings. The van der Waals surface area contributed by atoms with Gasteiger partial charge in [0.25, 0.3) is 0 Å². The van der Waals surface area contributed by atoms with E-state index in [-0.39, 0.29) is 12.4 Å². The zero-order chi connectivity index (χ0) is 14.5. The second-order valence-corrected chi connectivity index (χ2v) is 4.95. The third-order valence-corrected chi connectivity index (χ3v) is 3.30. The molecule has 0 amide bonds. The smallest absolute Gasteiger partial charge is 0.131 e. The molecule has 0 bridgehead atoms. The quantitative estimate of drug-likeness (QED) is 0.879. The molecule has 0 radical (unpaired) electrons. The molecule has 2 nitrogen and oxygen atoms in total. The Bertz CT molecular complexity index is 569. The summed E-state index contributed by atoms with van der Waals surface area (Å²) in [6.45, 7) is 2.05. The van der Waals surface area contributed by atoms with Crippen molar-refractivity contribution in [1.29, 1.82) is 0 Å². The lowest BCUT2D eigenvalue weighted by atomic mass is 10.1. The molecule has 2 aromatic carbocycles. The van der Waals surface area contributed by atoms with Gasteiger partial charge < -0.3 is 9.84 Å². The number of halogens is 2. The number of ether oxygens (including phenoxy) is 1. The minimum absolute atomic E-state index is 0.138. The van der Waals surface area contributed by atoms with Crippen molar-refractivity contribution >= 4 is 11.6 Å². The van der Waals surface area contributed by atoms with E-state index in [1.807, 2.05) is 19.1 Å². The molecule has 0 saturated carbocycles. The van der Waals surface area contributed by atoms with E-state index in [9.17, 15) is 9.50 Å². The standard InChI is InChI=1S/C16H16ClFO2/c1-2-16(19)11-4-7-14(8-5-11)20-10-12-3-6-13(17)9-15(12)18/h3-9,16,19H,2,10H2,1H3. The van der Waals surface area contributed by atoms with Crippen LogP contribution in [0.4, 0.5) is 4.39 Å². The maximum Gasteiger partial charge on any atom is 0.131 e. The predicted molar refractivity (Wildman–Crippen MR) is 77.4 cm³/mol. The molecule has 1 N–H and O–H groups in total. The van der Waals surface area contributed by atoms with Crippen LogP contribution < -0.4 is 4.74 Å². The van der Waals surface area contributed by atoms with Crippen LogP contribution in [0.5, 0.6) is 5.75 Å². The number of hydrogen-bond acceptors (Lipinski definition) is 2. The zero-order valence-corrected chi connectivity index (χ0v) is 11.9. The number of benzene rings is 2. The monoisotopic (exact) mass is 294 g/mol. The van der Waals surface area contributed by atoms with Crippen LogP contribution in [0.1, 0.15) is 30.6 Å². The summed E-state index contributed by atoms with van der Waals surface area (Å²) in [5.74, 6) is 0.252. The molecule has 2 rings (SSSR count). The van der Waals surface area contributed by atoms with Crippen molar-refractivity contribution < 1.29 is 14.2 Å². The van der Waals surface area contributed by atoms with Gasteiger partial charge in [0.1, 0.15) is 18.2 Å². The Morgan fingerprint density at radius 2 is 1.90 bits per heavy atom. The van der Waals surface area contributed by atoms with Crippen molar-refractivity contribution in [2.45, 2.75) is 26.1 Å². The first kappa shape index (κ1) is 14.8. The van der Waals surface area contributed by atoms with E-state index in [1.54, 1.807) is 24.3 Å². The largest absolute Gasteiger partial charge is 0.489 e. The Morgan fingerprint density at radius 1 is 1.20 bits per heavy atom. The molecule has 4 heteroatoms. The minimum atomic E-state index is -0.460. The van der Waals surface area contributed by atoms with Gasteiger partial charge in [0.05, 0.1) is 6.10 Å². The molecule has 0 aliphatic rings. The molecule has 0 fully saturated rings. The van der Waals surface area contributed by atoms with Crippen molar-refractivity contribution in [2.75, 3.05) is 0 Å². The van der Waals surface area contributed by atoms with Crippen molar-refractivity contribution in [3.63, 3.8) is 0 Å². The summed E-state index contributed by atoms with van der Waals surface area (Å²) in [5.41, 5.74) is 1.30. The molecular weight excluding hydrogens is 279 g/mol. The van der Waals surface area contributed by atoms with Gasteiger partial charge in [-0.1, -0.05) is 36.7 Å². The summed E-state index contributed by atoms with van der Waals surface area (Å²) < 4.78 is 19.1. The van der Waals surface area contributed by atoms with Crippen LogP contribution >= 0.6 is 11.6 Å². The summed E-state index contributed by atoms with van der Waals surface area (Å²) in [5, 5.41) is 10.1. The molecule has 0 aliphatic heterocycles. The molecule has 106 valence electrons. The summed E-state index contributed by atoms with van der Waals surface area (Å²) in [7, 11) is 0. The van der Waals surface area contributed by atoms with Crippen molar-refractivity contribution in [3.05, 3.63) is 64.4 Å². The number of rotatable bonds is 5. The molecule has 20 heavy (non-hydrogen) atoms. The molecule has 0 heterocycles. The molecule has 0 aromatic heterocycles. The third kappa shape index (κ3) is 3.71. The lowest BCUT2D eigenvalue weighted by Gasteiger charge is -2.10. The summed E-state index contributed by atoms with van der Waals surface area (Å²) in [4.78, 5) is 0. The second-order valence-electron chi connectivity index (χ2n) is 4.52. The van der Waals surface area contributed by atoms with Gasteiger partial charge in [-0.15, -0.1) is 0 Å². The zero-order valence-electron chi connectivity index (χ0n) is 11.1. The van der Waals surface area contributed by atoms with Crippen molar-refractivity contribution in [1.82, 2.24) is 0 Å². The van der Waals surface area contributed by atoms with Crippen LogP contribution in [-0.2, 0) is 6.61 Å². The predicted octanol–water partition coefficient (Wildman–Crippen LogP) is 4.50. The Kier molecular flexibility index (Phi) is 4.99. The first-order chi connectivity index (χ1) is 9.60. The Morgan fingerprint density at radius 3 is 2.50 bits per heavy atom. The van der Waals surface area contributed by atoms with Gasteiger partial charge in [0.15, 0.2) is 0 Å². The normalized spacial score (nSPS) is 12.2. The van der Waals surface area contributed by atoms with E-state index in [4.69, 9.17) is 16.3 Å². The second kappa shape index (κ2) is 6.73. The van der Waals surface area contributed by atoms with Gasteiger partial charge in [-0.2, -0.15) is 0 Å². The highest BCUT2D eigenvalue weighted by Crippen LogP contribution is 2.21. The summed E-state index contributed by atoms with van der Waals surface area (Å²) in [6.07, 6.45) is 0.202. The molecule has 0 spiro atoms. The number of aliphatic hydroxyl groups is 1. The lowest BCUT2D eigenvalue weighted by Crippen LogP contribution is -1.99. The molecule has 1 atom stereocenters. The topological polar surface area (TPSA) is 29.5 Å². The van der Waals surface area contributed by atoms with E-state index in [2.05, 4.69) is 0 Å². The Hall–Kier alpha value is -1.58. The van der Waals surface area contributed by atoms with Crippen LogP contribution in [0, 0.1) is 5.82 Å². The summed E-state index contributed by atoms with van der Waals surface area (Å²) in [6, 6.07) is 11.6. The van der Waals surface area contributed by atoms with E-state index >= 15 is 0 Å². The molecule has 0 saturated heterocycles. The van der Waals surface area contributed by atoms with E-state index in [0.29, 0.717) is 22.8 Å². The fourth-order valence-corrected chi connectivity index (χ4v) is 1.98. The molecule has 1 unspecified atom stereocenters. The van der Waals surface area contributed by atoms with Crippen molar-refractivity contribution in [3.8, 4) is 5.75 Å². The highest BCUT2D eigenvalue weighted by atomic mass is 35.5. The average molecular weight is 295 g/mol. The van der Waals surface area contributed by atoms with Crippen LogP contribution in [0.25, 0.3) is 0 Å². The molecular formula is C16H16ClFO2. The molecule has 0 aliphatic carbocycles. The fraction of sp³-hybridized carbons (Fsp3) is 0.250. The highest BCUT2D eigenvalue weighted by molar-refractivity contribution is 6.30. The van der Waals surface area contributed by atoms with Crippen molar-refractivity contribution in [2.24, 2.45) is 0 Å². The maximum atomic E-state index is 13.6. The summed E-state index contributed by atoms with van der Waals surface area (Å²) >= 11 is 5.69. The first-order valence-electron chi connectivity index (χ1n) is 6.45. The highest BCUT2D eigenvalue weighted by Gasteiger charge is 2.06. The fourth-order valence-electron chi connectivity index (χ4n) is 1.82. The van der Waals surface area contributed by atoms with Gasteiger partial charge in [-0.05, 0) is 36.2 Å². The third-order valence-electron chi connectivity index (χ3n) is 3.06. The Labute approximate surface area is 122 Å². The van der Waals surface area contributed by atoms with Gasteiger partial charge >= 0.3 is 0 Å². The lowest BCUT2D eigenvalue weighted by molar-refractivity contribution is 0.173. The van der Waals surface area contributed by atoms with Gasteiger partial charge in [0, 0.05) is 10.6 Å². The van der Waals surface area contributed by atoms with Crippen LogP contribution in [0.15, 0.2) is 42.5 Å². The van der Waals surface area contributed by atoms with Crippen LogP contribution in [0.3, 0.4) is 0 Å². The number of aliphatic hydroxyl groups excluding tert-OH is 1. The van der Waals surface area contributed by atoms with E-state index in [1.165, 1.54) is 6.07 Å². The van der Waals surface area contributed by atoms with Crippen LogP contribution in [0.2, 0.25) is 5.02 Å². The Balaban J connectivity index is 2.00.